The monoisotopic (exact) mass is 275 g/mol. The molecule has 0 saturated carbocycles. The average molecular weight is 275 g/mol. The van der Waals surface area contributed by atoms with Crippen LogP contribution in [-0.4, -0.2) is 33.6 Å². The highest BCUT2D eigenvalue weighted by atomic mass is 16.3. The van der Waals surface area contributed by atoms with Crippen molar-refractivity contribution in [3.63, 3.8) is 0 Å². The van der Waals surface area contributed by atoms with E-state index in [-0.39, 0.29) is 18.6 Å². The fraction of sp³-hybridized carbons (Fsp3) is 0.467. The van der Waals surface area contributed by atoms with Crippen molar-refractivity contribution in [1.29, 1.82) is 0 Å². The molecule has 0 aliphatic carbocycles. The molecule has 1 heterocycles. The SMILES string of the molecule is CCC(CCO)NC(=O)CCc1nc2ccccc2[nH]1. The number of imidazole rings is 1. The summed E-state index contributed by atoms with van der Waals surface area (Å²) in [4.78, 5) is 19.5. The fourth-order valence-corrected chi connectivity index (χ4v) is 2.19. The second-order valence-electron chi connectivity index (χ2n) is 4.89. The van der Waals surface area contributed by atoms with Crippen LogP contribution in [0, 0.1) is 0 Å². The van der Waals surface area contributed by atoms with Crippen LogP contribution < -0.4 is 5.32 Å². The molecule has 0 fully saturated rings. The number of fused-ring (bicyclic) bond motifs is 1. The van der Waals surface area contributed by atoms with Gasteiger partial charge in [0.1, 0.15) is 5.82 Å². The number of carbonyl (C=O) groups excluding carboxylic acids is 1. The Morgan fingerprint density at radius 2 is 2.25 bits per heavy atom. The van der Waals surface area contributed by atoms with Gasteiger partial charge in [0.25, 0.3) is 0 Å². The molecule has 5 nitrogen and oxygen atoms in total. The predicted octanol–water partition coefficient (Wildman–Crippen LogP) is 1.77. The number of hydrogen-bond donors (Lipinski definition) is 3. The van der Waals surface area contributed by atoms with Gasteiger partial charge in [0.2, 0.25) is 5.91 Å². The molecule has 5 heteroatoms. The number of aryl methyl sites for hydroxylation is 1. The van der Waals surface area contributed by atoms with Crippen LogP contribution in [0.4, 0.5) is 0 Å². The lowest BCUT2D eigenvalue weighted by atomic mass is 10.1. The number of rotatable bonds is 7. The largest absolute Gasteiger partial charge is 0.396 e. The number of nitrogens with zero attached hydrogens (tertiary/aromatic N) is 1. The van der Waals surface area contributed by atoms with E-state index in [1.807, 2.05) is 31.2 Å². The lowest BCUT2D eigenvalue weighted by Gasteiger charge is -2.15. The number of aliphatic hydroxyl groups is 1. The summed E-state index contributed by atoms with van der Waals surface area (Å²) < 4.78 is 0. The van der Waals surface area contributed by atoms with Gasteiger partial charge in [0.15, 0.2) is 0 Å². The second kappa shape index (κ2) is 7.05. The minimum Gasteiger partial charge on any atom is -0.396 e. The number of benzene rings is 1. The van der Waals surface area contributed by atoms with Gasteiger partial charge in [-0.1, -0.05) is 19.1 Å². The molecule has 3 N–H and O–H groups in total. The molecule has 0 aliphatic rings. The highest BCUT2D eigenvalue weighted by molar-refractivity contribution is 5.77. The molecular formula is C15H21N3O2. The van der Waals surface area contributed by atoms with E-state index in [1.54, 1.807) is 0 Å². The number of carbonyl (C=O) groups is 1. The van der Waals surface area contributed by atoms with Gasteiger partial charge in [-0.05, 0) is 25.0 Å². The van der Waals surface area contributed by atoms with E-state index in [0.29, 0.717) is 19.3 Å². The summed E-state index contributed by atoms with van der Waals surface area (Å²) in [6.45, 7) is 2.10. The molecule has 0 bridgehead atoms. The van der Waals surface area contributed by atoms with Crippen LogP contribution in [0.1, 0.15) is 32.0 Å². The standard InChI is InChI=1S/C15H21N3O2/c1-2-11(9-10-19)16-15(20)8-7-14-17-12-5-3-4-6-13(12)18-14/h3-6,11,19H,2,7-10H2,1H3,(H,16,20)(H,17,18). The number of amides is 1. The number of nitrogens with one attached hydrogen (secondary N) is 2. The van der Waals surface area contributed by atoms with Crippen LogP contribution in [0.3, 0.4) is 0 Å². The van der Waals surface area contributed by atoms with Gasteiger partial charge < -0.3 is 15.4 Å². The van der Waals surface area contributed by atoms with E-state index in [0.717, 1.165) is 23.3 Å². The Balaban J connectivity index is 1.86. The van der Waals surface area contributed by atoms with Crippen molar-refractivity contribution in [2.45, 2.75) is 38.6 Å². The van der Waals surface area contributed by atoms with Crippen molar-refractivity contribution in [1.82, 2.24) is 15.3 Å². The third-order valence-corrected chi connectivity index (χ3v) is 3.36. The molecule has 108 valence electrons. The van der Waals surface area contributed by atoms with Crippen LogP contribution in [-0.2, 0) is 11.2 Å². The van der Waals surface area contributed by atoms with Gasteiger partial charge in [0, 0.05) is 25.5 Å². The van der Waals surface area contributed by atoms with Crippen molar-refractivity contribution in [2.75, 3.05) is 6.61 Å². The van der Waals surface area contributed by atoms with Gasteiger partial charge in [-0.2, -0.15) is 0 Å². The number of aromatic nitrogens is 2. The van der Waals surface area contributed by atoms with E-state index in [2.05, 4.69) is 15.3 Å². The number of para-hydroxylation sites is 2. The molecule has 1 atom stereocenters. The number of aromatic amines is 1. The summed E-state index contributed by atoms with van der Waals surface area (Å²) in [5.41, 5.74) is 1.92. The second-order valence-corrected chi connectivity index (χ2v) is 4.89. The summed E-state index contributed by atoms with van der Waals surface area (Å²) >= 11 is 0. The third-order valence-electron chi connectivity index (χ3n) is 3.36. The smallest absolute Gasteiger partial charge is 0.220 e. The van der Waals surface area contributed by atoms with Gasteiger partial charge in [-0.3, -0.25) is 4.79 Å². The van der Waals surface area contributed by atoms with Gasteiger partial charge in [0.05, 0.1) is 11.0 Å². The van der Waals surface area contributed by atoms with E-state index >= 15 is 0 Å². The lowest BCUT2D eigenvalue weighted by Crippen LogP contribution is -2.35. The predicted molar refractivity (Wildman–Crippen MR) is 78.3 cm³/mol. The summed E-state index contributed by atoms with van der Waals surface area (Å²) in [5, 5.41) is 11.8. The summed E-state index contributed by atoms with van der Waals surface area (Å²) in [6, 6.07) is 7.88. The Morgan fingerprint density at radius 3 is 2.95 bits per heavy atom. The van der Waals surface area contributed by atoms with E-state index in [4.69, 9.17) is 5.11 Å². The first-order chi connectivity index (χ1) is 9.72. The van der Waals surface area contributed by atoms with Crippen LogP contribution >= 0.6 is 0 Å². The molecule has 1 aromatic carbocycles. The quantitative estimate of drug-likeness (QED) is 0.720. The zero-order valence-electron chi connectivity index (χ0n) is 11.7. The van der Waals surface area contributed by atoms with E-state index in [9.17, 15) is 4.79 Å². The first-order valence-electron chi connectivity index (χ1n) is 7.06. The summed E-state index contributed by atoms with van der Waals surface area (Å²) in [5.74, 6) is 0.835. The topological polar surface area (TPSA) is 78.0 Å². The molecule has 2 aromatic rings. The maximum absolute atomic E-state index is 11.8. The Bertz CT molecular complexity index is 532. The Morgan fingerprint density at radius 1 is 1.45 bits per heavy atom. The molecule has 1 amide bonds. The Hall–Kier alpha value is -1.88. The molecular weight excluding hydrogens is 254 g/mol. The average Bonchev–Trinajstić information content (AvgIpc) is 2.87. The van der Waals surface area contributed by atoms with Crippen LogP contribution in [0.15, 0.2) is 24.3 Å². The molecule has 1 aromatic heterocycles. The fourth-order valence-electron chi connectivity index (χ4n) is 2.19. The molecule has 1 unspecified atom stereocenters. The minimum atomic E-state index is 0.00533. The van der Waals surface area contributed by atoms with E-state index < -0.39 is 0 Å². The van der Waals surface area contributed by atoms with Crippen molar-refractivity contribution in [3.05, 3.63) is 30.1 Å². The zero-order valence-corrected chi connectivity index (χ0v) is 11.7. The van der Waals surface area contributed by atoms with Crippen molar-refractivity contribution in [2.24, 2.45) is 0 Å². The van der Waals surface area contributed by atoms with Crippen LogP contribution in [0.2, 0.25) is 0 Å². The first-order valence-corrected chi connectivity index (χ1v) is 7.06. The molecule has 0 radical (unpaired) electrons. The van der Waals surface area contributed by atoms with Crippen molar-refractivity contribution >= 4 is 16.9 Å². The normalized spacial score (nSPS) is 12.5. The summed E-state index contributed by atoms with van der Waals surface area (Å²) in [7, 11) is 0. The molecule has 2 rings (SSSR count). The zero-order chi connectivity index (χ0) is 14.4. The summed E-state index contributed by atoms with van der Waals surface area (Å²) in [6.07, 6.45) is 2.43. The molecule has 0 aliphatic heterocycles. The lowest BCUT2D eigenvalue weighted by molar-refractivity contribution is -0.121. The maximum atomic E-state index is 11.8. The highest BCUT2D eigenvalue weighted by Gasteiger charge is 2.11. The van der Waals surface area contributed by atoms with E-state index in [1.165, 1.54) is 0 Å². The molecule has 20 heavy (non-hydrogen) atoms. The number of H-pyrrole nitrogens is 1. The number of aliphatic hydroxyl groups excluding tert-OH is 1. The molecule has 0 saturated heterocycles. The maximum Gasteiger partial charge on any atom is 0.220 e. The molecule has 0 spiro atoms. The van der Waals surface area contributed by atoms with Gasteiger partial charge >= 0.3 is 0 Å². The Labute approximate surface area is 118 Å². The number of hydrogen-bond acceptors (Lipinski definition) is 3. The third kappa shape index (κ3) is 3.81. The highest BCUT2D eigenvalue weighted by Crippen LogP contribution is 2.11. The van der Waals surface area contributed by atoms with Crippen molar-refractivity contribution in [3.8, 4) is 0 Å². The van der Waals surface area contributed by atoms with Gasteiger partial charge in [-0.15, -0.1) is 0 Å². The van der Waals surface area contributed by atoms with Gasteiger partial charge in [-0.25, -0.2) is 4.98 Å². The first kappa shape index (κ1) is 14.5. The van der Waals surface area contributed by atoms with Crippen LogP contribution in [0.25, 0.3) is 11.0 Å². The van der Waals surface area contributed by atoms with Crippen molar-refractivity contribution < 1.29 is 9.90 Å². The Kier molecular flexibility index (Phi) is 5.12. The van der Waals surface area contributed by atoms with Crippen LogP contribution in [0.5, 0.6) is 0 Å². The minimum absolute atomic E-state index is 0.00533.